The highest BCUT2D eigenvalue weighted by atomic mass is 19.2. The van der Waals surface area contributed by atoms with Crippen molar-refractivity contribution in [3.8, 4) is 0 Å². The van der Waals surface area contributed by atoms with Gasteiger partial charge in [0, 0.05) is 39.1 Å². The van der Waals surface area contributed by atoms with Gasteiger partial charge in [0.05, 0.1) is 78.6 Å². The lowest BCUT2D eigenvalue weighted by atomic mass is 9.64. The first-order chi connectivity index (χ1) is 65.4. The molecule has 4 unspecified atom stereocenters. The first-order valence-corrected chi connectivity index (χ1v) is 45.0. The van der Waals surface area contributed by atoms with Gasteiger partial charge in [-0.3, -0.25) is 63.9 Å². The van der Waals surface area contributed by atoms with Gasteiger partial charge in [0.2, 0.25) is 0 Å². The summed E-state index contributed by atoms with van der Waals surface area (Å²) in [6.07, 6.45) is 27.8. The second-order valence-electron chi connectivity index (χ2n) is 35.6. The van der Waals surface area contributed by atoms with Crippen LogP contribution in [0, 0.1) is 99.7 Å². The van der Waals surface area contributed by atoms with Crippen LogP contribution in [0.2, 0.25) is 0 Å². The molecule has 16 rings (SSSR count). The third kappa shape index (κ3) is 24.2. The number of hydrogen-bond acceptors (Lipinski definition) is 16. The smallest absolute Gasteiger partial charge is 0.316 e. The number of allylic oxidation sites excluding steroid dienone is 8. The van der Waals surface area contributed by atoms with E-state index in [4.69, 9.17) is 14.2 Å². The van der Waals surface area contributed by atoms with Crippen LogP contribution in [0.5, 0.6) is 0 Å². The Bertz CT molecular complexity index is 6150. The van der Waals surface area contributed by atoms with E-state index in [-0.39, 0.29) is 95.2 Å². The van der Waals surface area contributed by atoms with Gasteiger partial charge in [-0.05, 0) is 336 Å². The first kappa shape index (κ1) is 112. The third-order valence-electron chi connectivity index (χ3n) is 28.1. The fourth-order valence-corrected chi connectivity index (χ4v) is 20.1. The summed E-state index contributed by atoms with van der Waals surface area (Å²) in [5.41, 5.74) is 10.8. The summed E-state index contributed by atoms with van der Waals surface area (Å²) in [4.78, 5) is 101. The number of methoxy groups -OCH3 is 3. The molecule has 19 nitrogen and oxygen atoms in total. The SMILES string of the molecule is C.C.C.COC(=O)C1(c2cccc(F)c2C)CC=C(C)CC1.COC(=O)C1(c2cccc(F)c2C)CC=C(c2cncc(F)c2)CC1.COC(=O)C1(c2cccc(F)c2C)CCC(=O)CC1.Cc1c(F)cccc1C1(C(=O)NO)CC=C(c2cncc(F)c2)CC1.Cc1c(F)cccc1C1(C(=O)NO)CCC(c2cncc(F)c2)CC1.Cc1c(F)cccc1C1(C(=O)O)CC=C(c2cncc(F)c2)CC1.[2HH]. The number of ketones is 1. The van der Waals surface area contributed by atoms with Crippen LogP contribution in [0.4, 0.5) is 43.9 Å². The van der Waals surface area contributed by atoms with Crippen LogP contribution >= 0.6 is 0 Å². The van der Waals surface area contributed by atoms with Gasteiger partial charge in [0.1, 0.15) is 64.0 Å². The number of hydrogen-bond donors (Lipinski definition) is 5. The van der Waals surface area contributed by atoms with Crippen molar-refractivity contribution < 1.29 is 109 Å². The van der Waals surface area contributed by atoms with Gasteiger partial charge >= 0.3 is 23.9 Å². The Morgan fingerprint density at radius 1 is 0.343 bits per heavy atom. The van der Waals surface area contributed by atoms with Crippen molar-refractivity contribution in [2.45, 2.75) is 238 Å². The van der Waals surface area contributed by atoms with Gasteiger partial charge in [-0.2, -0.15) is 0 Å². The summed E-state index contributed by atoms with van der Waals surface area (Å²) >= 11 is 0. The van der Waals surface area contributed by atoms with Crippen molar-refractivity contribution in [3.63, 3.8) is 0 Å². The van der Waals surface area contributed by atoms with Crippen molar-refractivity contribution in [1.29, 1.82) is 0 Å². The second-order valence-corrected chi connectivity index (χ2v) is 35.6. The fourth-order valence-electron chi connectivity index (χ4n) is 20.1. The minimum atomic E-state index is -1.16. The van der Waals surface area contributed by atoms with Crippen LogP contribution in [0.1, 0.15) is 254 Å². The molecule has 29 heteroatoms. The molecule has 140 heavy (non-hydrogen) atoms. The Hall–Kier alpha value is -13.4. The normalized spacial score (nSPS) is 20.4. The molecule has 0 saturated heterocycles. The maximum absolute atomic E-state index is 14.0. The molecule has 0 aliphatic heterocycles. The van der Waals surface area contributed by atoms with Crippen LogP contribution < -0.4 is 11.0 Å². The van der Waals surface area contributed by atoms with E-state index in [1.165, 1.54) is 93.6 Å². The lowest BCUT2D eigenvalue weighted by molar-refractivity contribution is -0.150. The van der Waals surface area contributed by atoms with E-state index in [0.717, 1.165) is 59.1 Å². The Morgan fingerprint density at radius 3 is 0.914 bits per heavy atom. The summed E-state index contributed by atoms with van der Waals surface area (Å²) in [7, 11) is 4.06. The monoisotopic (exact) mass is 1940 g/mol. The second kappa shape index (κ2) is 48.9. The van der Waals surface area contributed by atoms with E-state index >= 15 is 0 Å². The van der Waals surface area contributed by atoms with Crippen LogP contribution in [0.15, 0.2) is 213 Å². The zero-order chi connectivity index (χ0) is 99.5. The number of carboxylic acids is 1. The number of nitrogens with zero attached hydrogens (tertiary/aromatic N) is 4. The number of ether oxygens (including phenoxy) is 3. The zero-order valence-corrected chi connectivity index (χ0v) is 77.8. The van der Waals surface area contributed by atoms with E-state index < -0.39 is 79.4 Å². The number of amides is 2. The highest BCUT2D eigenvalue weighted by Crippen LogP contribution is 2.51. The number of aromatic nitrogens is 4. The maximum Gasteiger partial charge on any atom is 0.316 e. The number of aliphatic carboxylic acids is 1. The molecule has 746 valence electrons. The minimum Gasteiger partial charge on any atom is -0.481 e. The third-order valence-corrected chi connectivity index (χ3v) is 28.1. The Balaban J connectivity index is 0.000000229. The van der Waals surface area contributed by atoms with Gasteiger partial charge in [-0.25, -0.2) is 54.9 Å². The minimum absolute atomic E-state index is 0. The van der Waals surface area contributed by atoms with Gasteiger partial charge in [-0.1, -0.05) is 125 Å². The summed E-state index contributed by atoms with van der Waals surface area (Å²) < 4.78 is 152. The van der Waals surface area contributed by atoms with Crippen molar-refractivity contribution in [2.24, 2.45) is 0 Å². The largest absolute Gasteiger partial charge is 0.481 e. The summed E-state index contributed by atoms with van der Waals surface area (Å²) in [6.45, 7) is 12.0. The molecule has 2 saturated carbocycles. The van der Waals surface area contributed by atoms with Crippen molar-refractivity contribution in [1.82, 2.24) is 30.9 Å². The standard InChI is InChI=1S/C20H19F2NO2.C19H20F2N2O2.C19H18F2N2O2.C19H17F2NO2.C16H19FO2.C15H17FO3.3CH4.H2/c1-13-17(4-3-5-18(13)22)20(19(24)25-2)8-6-14(7-9-20)15-10-16(21)12-23-11-15;2*1-12-16(3-2-4-17(12)21)19(18(24)23-25)7-5-13(6-8-19)14-9-15(20)11-22-10-14;1-12-16(3-2-4-17(12)21)19(18(23)24)7-5-13(6-8-19)14-9-15(20)11-22-10-14;1-11-7-9-16(10-8-11,15(18)19-3)13-5-4-6-14(17)12(13)2;1-10-12(4-3-5-13(10)16)15(14(18)19-2)8-6-11(17)7-9-15;;;;/h3-6,10-12H,7-9H2,1-2H3;2-4,9-11,13,25H,5-8H2,1H3,(H,23,24);2-5,9-11,25H,6-8H2,1H3,(H,23,24);2-5,9-11H,6-8H2,1H3,(H,23,24);4-7H,8-10H2,1-3H3;3-5H,6-9H2,1-2H3;3*1H4;1H/i;;;;;;;;;1+1. The molecule has 4 heterocycles. The number of halogens is 10. The van der Waals surface area contributed by atoms with Crippen LogP contribution in [-0.4, -0.2) is 98.3 Å². The van der Waals surface area contributed by atoms with Gasteiger partial charge < -0.3 is 19.3 Å². The van der Waals surface area contributed by atoms with E-state index in [0.29, 0.717) is 187 Å². The van der Waals surface area contributed by atoms with E-state index in [1.54, 1.807) is 144 Å². The molecular weight excluding hydrogens is 1820 g/mol. The van der Waals surface area contributed by atoms with Crippen molar-refractivity contribution >= 4 is 58.2 Å². The number of nitrogens with one attached hydrogen (secondary N) is 2. The molecule has 6 aromatic carbocycles. The number of Topliss-reactive ketones (excluding diaryl/α,β-unsaturated/α-hetero) is 1. The van der Waals surface area contributed by atoms with E-state index in [2.05, 4.69) is 32.9 Å². The molecular formula is C111H124F10N6O13. The number of esters is 3. The molecule has 2 fully saturated rings. The molecule has 6 aliphatic rings. The predicted octanol–water partition coefficient (Wildman–Crippen LogP) is 24.6. The highest BCUT2D eigenvalue weighted by Gasteiger charge is 2.50. The molecule has 6 aliphatic carbocycles. The van der Waals surface area contributed by atoms with E-state index in [1.807, 2.05) is 18.2 Å². The number of pyridine rings is 4. The lowest BCUT2D eigenvalue weighted by Gasteiger charge is -2.39. The topological polar surface area (TPSA) is 283 Å². The molecule has 0 radical (unpaired) electrons. The average molecular weight is 1940 g/mol. The molecule has 0 spiro atoms. The lowest BCUT2D eigenvalue weighted by Crippen LogP contribution is -2.46. The zero-order valence-electron chi connectivity index (χ0n) is 77.8. The molecule has 4 aromatic heterocycles. The first-order valence-electron chi connectivity index (χ1n) is 45.0. The number of benzene rings is 6. The van der Waals surface area contributed by atoms with Crippen LogP contribution in [0.25, 0.3) is 16.7 Å². The number of carbonyl (C=O) groups is 7. The Labute approximate surface area is 812 Å². The van der Waals surface area contributed by atoms with E-state index in [9.17, 15) is 93.0 Å². The van der Waals surface area contributed by atoms with Gasteiger partial charge in [-0.15, -0.1) is 0 Å². The van der Waals surface area contributed by atoms with Crippen molar-refractivity contribution in [2.75, 3.05) is 21.3 Å². The fraction of sp³-hybridized carbons (Fsp3) is 0.360. The Kier molecular flexibility index (Phi) is 39.1. The van der Waals surface area contributed by atoms with Gasteiger partial charge in [0.15, 0.2) is 0 Å². The van der Waals surface area contributed by atoms with Gasteiger partial charge in [0.25, 0.3) is 11.8 Å². The number of carbonyl (C=O) groups excluding carboxylic acids is 6. The number of hydroxylamine groups is 2. The number of carboxylic acid groups (broad SMARTS) is 1. The summed E-state index contributed by atoms with van der Waals surface area (Å²) in [6, 6.07) is 33.9. The quantitative estimate of drug-likeness (QED) is 0.0150. The predicted molar refractivity (Wildman–Crippen MR) is 517 cm³/mol. The maximum atomic E-state index is 14.0. The molecule has 10 aromatic rings. The van der Waals surface area contributed by atoms with Crippen molar-refractivity contribution in [3.05, 3.63) is 360 Å². The molecule has 2 amide bonds. The van der Waals surface area contributed by atoms with Crippen LogP contribution in [0.3, 0.4) is 0 Å². The highest BCUT2D eigenvalue weighted by molar-refractivity contribution is 5.92. The molecule has 4 atom stereocenters. The number of rotatable bonds is 16. The van der Waals surface area contributed by atoms with Crippen LogP contribution in [-0.2, 0) is 80.3 Å². The summed E-state index contributed by atoms with van der Waals surface area (Å²) in [5.74, 6) is -6.65. The molecule has 5 N–H and O–H groups in total. The Morgan fingerprint density at radius 2 is 0.614 bits per heavy atom. The molecule has 0 bridgehead atoms. The summed E-state index contributed by atoms with van der Waals surface area (Å²) in [5, 5.41) is 28.3. The average Bonchev–Trinajstić information content (AvgIpc) is 0.771.